The Labute approximate surface area is 186 Å². The third-order valence-electron chi connectivity index (χ3n) is 5.48. The molecule has 0 radical (unpaired) electrons. The van der Waals surface area contributed by atoms with Gasteiger partial charge in [-0.15, -0.1) is 0 Å². The van der Waals surface area contributed by atoms with Crippen LogP contribution in [0.5, 0.6) is 5.75 Å². The molecular weight excluding hydrogens is 421 g/mol. The molecule has 0 aliphatic rings. The van der Waals surface area contributed by atoms with Gasteiger partial charge in [0, 0.05) is 41.0 Å². The average molecular weight is 437 g/mol. The van der Waals surface area contributed by atoms with Crippen molar-refractivity contribution >= 4 is 27.6 Å². The normalized spacial score (nSPS) is 11.4. The molecule has 0 aliphatic heterocycles. The number of pyridine rings is 3. The highest BCUT2D eigenvalue weighted by molar-refractivity contribution is 6.00. The van der Waals surface area contributed by atoms with Crippen molar-refractivity contribution in [3.63, 3.8) is 0 Å². The van der Waals surface area contributed by atoms with Gasteiger partial charge in [0.1, 0.15) is 22.9 Å². The van der Waals surface area contributed by atoms with Gasteiger partial charge in [0.25, 0.3) is 0 Å². The van der Waals surface area contributed by atoms with Crippen LogP contribution >= 0.6 is 0 Å². The van der Waals surface area contributed by atoms with Gasteiger partial charge < -0.3 is 15.8 Å². The van der Waals surface area contributed by atoms with Crippen LogP contribution in [0.4, 0.5) is 10.1 Å². The zero-order valence-electron chi connectivity index (χ0n) is 17.0. The van der Waals surface area contributed by atoms with E-state index in [-0.39, 0.29) is 5.75 Å². The van der Waals surface area contributed by atoms with E-state index in [2.05, 4.69) is 30.1 Å². The number of hydrogen-bond acceptors (Lipinski definition) is 6. The minimum absolute atomic E-state index is 0.139. The van der Waals surface area contributed by atoms with E-state index in [0.29, 0.717) is 22.6 Å². The zero-order valence-corrected chi connectivity index (χ0v) is 17.0. The second-order valence-corrected chi connectivity index (χ2v) is 7.70. The molecule has 1 aromatic carbocycles. The van der Waals surface area contributed by atoms with Crippen molar-refractivity contribution in [2.75, 3.05) is 5.73 Å². The molecule has 9 heteroatoms. The van der Waals surface area contributed by atoms with Crippen LogP contribution in [0.2, 0.25) is 0 Å². The maximum atomic E-state index is 13.9. The van der Waals surface area contributed by atoms with E-state index in [9.17, 15) is 9.50 Å². The number of aromatic amines is 2. The highest BCUT2D eigenvalue weighted by Crippen LogP contribution is 2.35. The van der Waals surface area contributed by atoms with Gasteiger partial charge in [-0.3, -0.25) is 15.1 Å². The van der Waals surface area contributed by atoms with E-state index < -0.39 is 5.82 Å². The van der Waals surface area contributed by atoms with Gasteiger partial charge in [0.2, 0.25) is 0 Å². The lowest BCUT2D eigenvalue weighted by Crippen LogP contribution is -1.89. The number of hydrogen-bond donors (Lipinski definition) is 4. The van der Waals surface area contributed by atoms with E-state index in [4.69, 9.17) is 5.73 Å². The maximum absolute atomic E-state index is 13.9. The van der Waals surface area contributed by atoms with Crippen LogP contribution in [-0.2, 0) is 0 Å². The first-order chi connectivity index (χ1) is 16.0. The highest BCUT2D eigenvalue weighted by atomic mass is 19.1. The number of benzene rings is 1. The summed E-state index contributed by atoms with van der Waals surface area (Å²) in [4.78, 5) is 16.3. The van der Waals surface area contributed by atoms with E-state index in [0.717, 1.165) is 44.9 Å². The summed E-state index contributed by atoms with van der Waals surface area (Å²) in [5.41, 5.74) is 12.1. The Morgan fingerprint density at radius 3 is 2.67 bits per heavy atom. The topological polar surface area (TPSA) is 129 Å². The molecule has 6 aromatic rings. The SMILES string of the molecule is Nc1cncc(-c2cc3c(-c4cc5c(-c6cc(O)cc(F)c6)ccnc5[nH]4)n[nH]c3cn2)c1. The molecule has 5 heterocycles. The van der Waals surface area contributed by atoms with Crippen LogP contribution in [0.1, 0.15) is 0 Å². The summed E-state index contributed by atoms with van der Waals surface area (Å²) in [5.74, 6) is -0.653. The molecule has 0 spiro atoms. The van der Waals surface area contributed by atoms with Gasteiger partial charge in [-0.2, -0.15) is 5.10 Å². The minimum atomic E-state index is -0.514. The van der Waals surface area contributed by atoms with Crippen molar-refractivity contribution in [1.82, 2.24) is 30.1 Å². The standard InChI is InChI=1S/C24H16FN7O/c25-14-3-12(5-16(33)6-14)17-1-2-28-24-18(17)7-21(30-24)23-19-8-20(29-11-22(19)31-32-23)13-4-15(26)10-27-9-13/h1-11,33H,26H2,(H,28,30)(H,31,32). The first-order valence-electron chi connectivity index (χ1n) is 10.1. The molecule has 0 atom stereocenters. The molecular formula is C24H16FN7O. The lowest BCUT2D eigenvalue weighted by Gasteiger charge is -2.04. The molecule has 0 aliphatic carbocycles. The minimum Gasteiger partial charge on any atom is -0.508 e. The van der Waals surface area contributed by atoms with Crippen molar-refractivity contribution in [3.05, 3.63) is 73.1 Å². The van der Waals surface area contributed by atoms with Gasteiger partial charge in [-0.05, 0) is 47.5 Å². The second-order valence-electron chi connectivity index (χ2n) is 7.70. The van der Waals surface area contributed by atoms with Crippen molar-refractivity contribution in [2.45, 2.75) is 0 Å². The van der Waals surface area contributed by atoms with Crippen LogP contribution in [0, 0.1) is 5.82 Å². The van der Waals surface area contributed by atoms with Gasteiger partial charge in [-0.1, -0.05) is 0 Å². The Morgan fingerprint density at radius 1 is 0.909 bits per heavy atom. The number of fused-ring (bicyclic) bond motifs is 2. The molecule has 8 nitrogen and oxygen atoms in total. The number of nitrogen functional groups attached to an aromatic ring is 1. The third kappa shape index (κ3) is 3.23. The number of nitrogens with zero attached hydrogens (tertiary/aromatic N) is 4. The quantitative estimate of drug-likeness (QED) is 0.319. The molecule has 5 aromatic heterocycles. The summed E-state index contributed by atoms with van der Waals surface area (Å²) in [6.07, 6.45) is 6.64. The maximum Gasteiger partial charge on any atom is 0.138 e. The number of nitrogens with two attached hydrogens (primary N) is 1. The molecule has 160 valence electrons. The number of aromatic nitrogens is 6. The van der Waals surface area contributed by atoms with Crippen molar-refractivity contribution < 1.29 is 9.50 Å². The Bertz CT molecular complexity index is 1650. The summed E-state index contributed by atoms with van der Waals surface area (Å²) in [7, 11) is 0. The van der Waals surface area contributed by atoms with Crippen molar-refractivity contribution in [3.8, 4) is 39.5 Å². The van der Waals surface area contributed by atoms with Crippen LogP contribution in [0.3, 0.4) is 0 Å². The number of phenolic OH excluding ortho intramolecular Hbond substituents is 1. The smallest absolute Gasteiger partial charge is 0.138 e. The van der Waals surface area contributed by atoms with Gasteiger partial charge in [-0.25, -0.2) is 9.37 Å². The summed E-state index contributed by atoms with van der Waals surface area (Å²) in [5, 5.41) is 19.0. The number of phenols is 1. The second kappa shape index (κ2) is 7.13. The number of rotatable bonds is 3. The summed E-state index contributed by atoms with van der Waals surface area (Å²) in [6, 6.07) is 11.4. The molecule has 0 fully saturated rings. The van der Waals surface area contributed by atoms with E-state index in [1.165, 1.54) is 12.1 Å². The predicted molar refractivity (Wildman–Crippen MR) is 124 cm³/mol. The number of aromatic hydroxyl groups is 1. The molecule has 0 amide bonds. The van der Waals surface area contributed by atoms with E-state index >= 15 is 0 Å². The molecule has 0 saturated carbocycles. The van der Waals surface area contributed by atoms with Crippen LogP contribution in [0.25, 0.3) is 55.7 Å². The number of anilines is 1. The van der Waals surface area contributed by atoms with Gasteiger partial charge in [0.05, 0.1) is 28.8 Å². The lowest BCUT2D eigenvalue weighted by atomic mass is 10.0. The molecule has 6 rings (SSSR count). The predicted octanol–water partition coefficient (Wildman–Crippen LogP) is 4.66. The molecule has 0 unspecified atom stereocenters. The Balaban J connectivity index is 1.51. The number of H-pyrrole nitrogens is 2. The summed E-state index contributed by atoms with van der Waals surface area (Å²) >= 11 is 0. The van der Waals surface area contributed by atoms with Crippen molar-refractivity contribution in [2.24, 2.45) is 0 Å². The van der Waals surface area contributed by atoms with Crippen LogP contribution < -0.4 is 5.73 Å². The monoisotopic (exact) mass is 437 g/mol. The highest BCUT2D eigenvalue weighted by Gasteiger charge is 2.16. The third-order valence-corrected chi connectivity index (χ3v) is 5.48. The fraction of sp³-hybridized carbons (Fsp3) is 0. The first kappa shape index (κ1) is 18.9. The van der Waals surface area contributed by atoms with Crippen molar-refractivity contribution in [1.29, 1.82) is 0 Å². The fourth-order valence-electron chi connectivity index (χ4n) is 4.01. The van der Waals surface area contributed by atoms with Crippen LogP contribution in [-0.4, -0.2) is 35.2 Å². The summed E-state index contributed by atoms with van der Waals surface area (Å²) < 4.78 is 13.9. The Hall–Kier alpha value is -4.79. The number of nitrogens with one attached hydrogen (secondary N) is 2. The molecule has 33 heavy (non-hydrogen) atoms. The first-order valence-corrected chi connectivity index (χ1v) is 10.1. The largest absolute Gasteiger partial charge is 0.508 e. The van der Waals surface area contributed by atoms with E-state index in [1.54, 1.807) is 30.9 Å². The lowest BCUT2D eigenvalue weighted by molar-refractivity contribution is 0.469. The Kier molecular flexibility index (Phi) is 4.09. The molecule has 0 saturated heterocycles. The average Bonchev–Trinajstić information content (AvgIpc) is 3.41. The Morgan fingerprint density at radius 2 is 1.82 bits per heavy atom. The zero-order chi connectivity index (χ0) is 22.5. The number of halogens is 1. The van der Waals surface area contributed by atoms with Crippen LogP contribution in [0.15, 0.2) is 67.3 Å². The van der Waals surface area contributed by atoms with Gasteiger partial charge >= 0.3 is 0 Å². The molecule has 5 N–H and O–H groups in total. The summed E-state index contributed by atoms with van der Waals surface area (Å²) in [6.45, 7) is 0. The van der Waals surface area contributed by atoms with Gasteiger partial charge in [0.15, 0.2) is 0 Å². The van der Waals surface area contributed by atoms with E-state index in [1.807, 2.05) is 18.2 Å². The molecule has 0 bridgehead atoms. The fourth-order valence-corrected chi connectivity index (χ4v) is 4.01.